The van der Waals surface area contributed by atoms with E-state index < -0.39 is 0 Å². The van der Waals surface area contributed by atoms with E-state index in [1.165, 1.54) is 7.11 Å². The molecule has 2 rings (SSSR count). The molecule has 1 aliphatic heterocycles. The van der Waals surface area contributed by atoms with Crippen LogP contribution >= 0.6 is 0 Å². The molecule has 0 N–H and O–H groups in total. The van der Waals surface area contributed by atoms with E-state index in [-0.39, 0.29) is 18.1 Å². The Hall–Kier alpha value is -1.24. The van der Waals surface area contributed by atoms with Crippen molar-refractivity contribution in [3.05, 3.63) is 0 Å². The highest BCUT2D eigenvalue weighted by atomic mass is 16.5. The van der Waals surface area contributed by atoms with Crippen LogP contribution in [0.3, 0.4) is 0 Å². The van der Waals surface area contributed by atoms with Crippen molar-refractivity contribution in [2.45, 2.75) is 18.9 Å². The first-order valence-electron chi connectivity index (χ1n) is 4.50. The molecule has 1 aliphatic carbocycles. The molecule has 0 radical (unpaired) electrons. The fourth-order valence-electron chi connectivity index (χ4n) is 2.45. The number of likely N-dealkylation sites (tertiary alicyclic amines) is 1. The van der Waals surface area contributed by atoms with Crippen molar-refractivity contribution in [1.29, 1.82) is 5.26 Å². The topological polar surface area (TPSA) is 53.3 Å². The number of ether oxygens (including phenoxy) is 1. The van der Waals surface area contributed by atoms with Gasteiger partial charge in [0.05, 0.1) is 19.1 Å². The smallest absolute Gasteiger partial charge is 0.409 e. The lowest BCUT2D eigenvalue weighted by Crippen LogP contribution is -2.39. The molecular weight excluding hydrogens is 168 g/mol. The van der Waals surface area contributed by atoms with Gasteiger partial charge in [-0.2, -0.15) is 5.26 Å². The van der Waals surface area contributed by atoms with Gasteiger partial charge in [0.2, 0.25) is 0 Å². The van der Waals surface area contributed by atoms with Crippen molar-refractivity contribution in [2.24, 2.45) is 11.8 Å². The van der Waals surface area contributed by atoms with Crippen LogP contribution in [0.5, 0.6) is 0 Å². The molecule has 4 nitrogen and oxygen atoms in total. The third kappa shape index (κ3) is 1.15. The Balaban J connectivity index is 2.04. The van der Waals surface area contributed by atoms with Crippen LogP contribution in [0.1, 0.15) is 12.8 Å². The summed E-state index contributed by atoms with van der Waals surface area (Å²) < 4.78 is 4.66. The molecule has 3 atom stereocenters. The Labute approximate surface area is 77.1 Å². The highest BCUT2D eigenvalue weighted by Crippen LogP contribution is 2.41. The molecule has 2 fully saturated rings. The molecule has 1 heterocycles. The second kappa shape index (κ2) is 2.91. The van der Waals surface area contributed by atoms with Gasteiger partial charge in [0.15, 0.2) is 0 Å². The number of carbonyl (C=O) groups excluding carboxylic acids is 1. The van der Waals surface area contributed by atoms with Crippen LogP contribution in [0.2, 0.25) is 0 Å². The summed E-state index contributed by atoms with van der Waals surface area (Å²) >= 11 is 0. The van der Waals surface area contributed by atoms with E-state index in [1.54, 1.807) is 4.90 Å². The minimum Gasteiger partial charge on any atom is -0.453 e. The van der Waals surface area contributed by atoms with E-state index >= 15 is 0 Å². The monoisotopic (exact) mass is 180 g/mol. The quantitative estimate of drug-likeness (QED) is 0.558. The molecular formula is C9H12N2O2. The predicted molar refractivity (Wildman–Crippen MR) is 44.7 cm³/mol. The molecule has 1 saturated heterocycles. The normalized spacial score (nSPS) is 36.0. The van der Waals surface area contributed by atoms with Gasteiger partial charge in [0, 0.05) is 12.6 Å². The van der Waals surface area contributed by atoms with Crippen LogP contribution < -0.4 is 0 Å². The lowest BCUT2D eigenvalue weighted by molar-refractivity contribution is 0.106. The van der Waals surface area contributed by atoms with Crippen molar-refractivity contribution < 1.29 is 9.53 Å². The van der Waals surface area contributed by atoms with Gasteiger partial charge < -0.3 is 9.64 Å². The molecule has 0 aromatic carbocycles. The van der Waals surface area contributed by atoms with E-state index in [0.29, 0.717) is 12.5 Å². The lowest BCUT2D eigenvalue weighted by Gasteiger charge is -2.27. The molecule has 0 aromatic rings. The zero-order valence-electron chi connectivity index (χ0n) is 7.56. The second-order valence-electron chi connectivity index (χ2n) is 3.74. The Morgan fingerprint density at radius 1 is 1.62 bits per heavy atom. The zero-order valence-corrected chi connectivity index (χ0v) is 7.56. The maximum absolute atomic E-state index is 11.2. The highest BCUT2D eigenvalue weighted by Gasteiger charge is 2.46. The standard InChI is InChI=1S/C9H12N2O2/c1-13-9(12)11-5-7-3-8(11)2-6(7)4-10/h6-8H,2-3,5H2,1H3. The number of methoxy groups -OCH3 is 1. The molecule has 70 valence electrons. The van der Waals surface area contributed by atoms with Gasteiger partial charge in [-0.3, -0.25) is 0 Å². The van der Waals surface area contributed by atoms with Crippen molar-refractivity contribution in [3.63, 3.8) is 0 Å². The molecule has 2 bridgehead atoms. The number of hydrogen-bond donors (Lipinski definition) is 0. The van der Waals surface area contributed by atoms with Crippen molar-refractivity contribution in [3.8, 4) is 6.07 Å². The van der Waals surface area contributed by atoms with E-state index in [9.17, 15) is 4.79 Å². The summed E-state index contributed by atoms with van der Waals surface area (Å²) in [5.74, 6) is 0.542. The Morgan fingerprint density at radius 2 is 2.38 bits per heavy atom. The number of piperidine rings is 1. The SMILES string of the molecule is COC(=O)N1CC2CC1CC2C#N. The maximum atomic E-state index is 11.2. The summed E-state index contributed by atoms with van der Waals surface area (Å²) in [4.78, 5) is 13.0. The molecule has 3 unspecified atom stereocenters. The fraction of sp³-hybridized carbons (Fsp3) is 0.778. The zero-order chi connectivity index (χ0) is 9.42. The Morgan fingerprint density at radius 3 is 2.85 bits per heavy atom. The van der Waals surface area contributed by atoms with Gasteiger partial charge in [-0.1, -0.05) is 0 Å². The number of hydrogen-bond acceptors (Lipinski definition) is 3. The average molecular weight is 180 g/mol. The van der Waals surface area contributed by atoms with Gasteiger partial charge in [0.1, 0.15) is 0 Å². The highest BCUT2D eigenvalue weighted by molar-refractivity contribution is 5.68. The van der Waals surface area contributed by atoms with Gasteiger partial charge in [-0.05, 0) is 18.8 Å². The third-order valence-corrected chi connectivity index (χ3v) is 3.12. The van der Waals surface area contributed by atoms with Gasteiger partial charge >= 0.3 is 6.09 Å². The third-order valence-electron chi connectivity index (χ3n) is 3.12. The first-order valence-corrected chi connectivity index (χ1v) is 4.50. The molecule has 4 heteroatoms. The molecule has 1 saturated carbocycles. The van der Waals surface area contributed by atoms with Crippen LogP contribution in [0.15, 0.2) is 0 Å². The average Bonchev–Trinajstić information content (AvgIpc) is 2.74. The minimum atomic E-state index is -0.246. The van der Waals surface area contributed by atoms with Gasteiger partial charge in [0.25, 0.3) is 0 Å². The van der Waals surface area contributed by atoms with Crippen LogP contribution in [0, 0.1) is 23.2 Å². The van der Waals surface area contributed by atoms with Gasteiger partial charge in [-0.15, -0.1) is 0 Å². The first kappa shape index (κ1) is 8.36. The molecule has 1 amide bonds. The minimum absolute atomic E-state index is 0.158. The summed E-state index contributed by atoms with van der Waals surface area (Å²) in [5.41, 5.74) is 0. The summed E-state index contributed by atoms with van der Waals surface area (Å²) in [7, 11) is 1.40. The number of nitriles is 1. The van der Waals surface area contributed by atoms with Gasteiger partial charge in [-0.25, -0.2) is 4.79 Å². The lowest BCUT2D eigenvalue weighted by atomic mass is 9.96. The first-order chi connectivity index (χ1) is 6.26. The molecule has 0 aromatic heterocycles. The number of rotatable bonds is 0. The maximum Gasteiger partial charge on any atom is 0.409 e. The van der Waals surface area contributed by atoms with Crippen LogP contribution in [0.4, 0.5) is 4.79 Å². The molecule has 13 heavy (non-hydrogen) atoms. The largest absolute Gasteiger partial charge is 0.453 e. The van der Waals surface area contributed by atoms with E-state index in [4.69, 9.17) is 5.26 Å². The van der Waals surface area contributed by atoms with E-state index in [0.717, 1.165) is 12.8 Å². The number of carbonyl (C=O) groups is 1. The van der Waals surface area contributed by atoms with E-state index in [1.807, 2.05) is 0 Å². The Kier molecular flexibility index (Phi) is 1.87. The number of fused-ring (bicyclic) bond motifs is 2. The van der Waals surface area contributed by atoms with Crippen molar-refractivity contribution in [2.75, 3.05) is 13.7 Å². The van der Waals surface area contributed by atoms with Crippen molar-refractivity contribution in [1.82, 2.24) is 4.90 Å². The van der Waals surface area contributed by atoms with Crippen LogP contribution in [-0.4, -0.2) is 30.7 Å². The van der Waals surface area contributed by atoms with Crippen LogP contribution in [-0.2, 0) is 4.74 Å². The molecule has 2 aliphatic rings. The Bertz CT molecular complexity index is 271. The number of amides is 1. The van der Waals surface area contributed by atoms with E-state index in [2.05, 4.69) is 10.8 Å². The summed E-state index contributed by atoms with van der Waals surface area (Å²) in [6.45, 7) is 0.704. The summed E-state index contributed by atoms with van der Waals surface area (Å²) in [6, 6.07) is 2.55. The number of nitrogens with zero attached hydrogens (tertiary/aromatic N) is 2. The van der Waals surface area contributed by atoms with Crippen LogP contribution in [0.25, 0.3) is 0 Å². The summed E-state index contributed by atoms with van der Waals surface area (Å²) in [6.07, 6.45) is 1.56. The van der Waals surface area contributed by atoms with Crippen molar-refractivity contribution >= 4 is 6.09 Å². The fourth-order valence-corrected chi connectivity index (χ4v) is 2.45. The predicted octanol–water partition coefficient (Wildman–Crippen LogP) is 0.987. The molecule has 0 spiro atoms. The summed E-state index contributed by atoms with van der Waals surface area (Å²) in [5, 5.41) is 8.79. The second-order valence-corrected chi connectivity index (χ2v) is 3.74.